The number of hydrogen-bond acceptors (Lipinski definition) is 1. The summed E-state index contributed by atoms with van der Waals surface area (Å²) >= 11 is 0. The van der Waals surface area contributed by atoms with Crippen molar-refractivity contribution in [3.8, 4) is 0 Å². The Morgan fingerprint density at radius 3 is 1.64 bits per heavy atom. The van der Waals surface area contributed by atoms with Crippen LogP contribution in [-0.4, -0.2) is 6.71 Å². The first kappa shape index (κ1) is 32.5. The van der Waals surface area contributed by atoms with E-state index >= 15 is 0 Å². The van der Waals surface area contributed by atoms with E-state index in [0.29, 0.717) is 0 Å². The Balaban J connectivity index is 1.24. The lowest BCUT2D eigenvalue weighted by atomic mass is 9.35. The molecule has 1 nitrogen and oxygen atoms in total. The Labute approximate surface area is 327 Å². The van der Waals surface area contributed by atoms with Gasteiger partial charge in [0.2, 0.25) is 6.71 Å². The Hall–Kier alpha value is -6.90. The summed E-state index contributed by atoms with van der Waals surface area (Å²) in [5, 5.41) is 15.4. The number of para-hydroxylation sites is 1. The molecule has 0 bridgehead atoms. The van der Waals surface area contributed by atoms with Gasteiger partial charge in [-0.2, -0.15) is 0 Å². The molecule has 11 rings (SSSR count). The Morgan fingerprint density at radius 2 is 0.875 bits per heavy atom. The van der Waals surface area contributed by atoms with Crippen LogP contribution in [0.15, 0.2) is 194 Å². The normalized spacial score (nSPS) is 11.8. The van der Waals surface area contributed by atoms with Crippen molar-refractivity contribution in [3.05, 3.63) is 205 Å². The second-order valence-corrected chi connectivity index (χ2v) is 15.3. The minimum Gasteiger partial charge on any atom is -0.309 e. The molecule has 0 aliphatic heterocycles. The van der Waals surface area contributed by atoms with Crippen LogP contribution in [0.5, 0.6) is 0 Å². The van der Waals surface area contributed by atoms with Crippen molar-refractivity contribution in [2.24, 2.45) is 0 Å². The predicted octanol–water partition coefficient (Wildman–Crippen LogP) is 12.6. The minimum atomic E-state index is 0.0518. The molecule has 0 saturated carbocycles. The topological polar surface area (TPSA) is 3.24 Å². The summed E-state index contributed by atoms with van der Waals surface area (Å²) in [6, 6.07) is 72.1. The van der Waals surface area contributed by atoms with E-state index < -0.39 is 0 Å². The van der Waals surface area contributed by atoms with E-state index in [9.17, 15) is 0 Å². The summed E-state index contributed by atoms with van der Waals surface area (Å²) in [5.74, 6) is 0. The number of nitrogens with zero attached hydrogens (tertiary/aromatic N) is 1. The Kier molecular flexibility index (Phi) is 7.47. The van der Waals surface area contributed by atoms with Gasteiger partial charge in [0, 0.05) is 16.5 Å². The molecule has 262 valence electrons. The van der Waals surface area contributed by atoms with Crippen LogP contribution < -0.4 is 21.3 Å². The van der Waals surface area contributed by atoms with Gasteiger partial charge in [-0.05, 0) is 103 Å². The zero-order valence-electron chi connectivity index (χ0n) is 31.5. The maximum atomic E-state index is 2.50. The van der Waals surface area contributed by atoms with Gasteiger partial charge in [0.1, 0.15) is 0 Å². The molecule has 0 aromatic heterocycles. The molecule has 0 fully saturated rings. The van der Waals surface area contributed by atoms with Gasteiger partial charge in [-0.1, -0.05) is 186 Å². The van der Waals surface area contributed by atoms with Crippen LogP contribution in [0.4, 0.5) is 17.1 Å². The van der Waals surface area contributed by atoms with Crippen LogP contribution in [0, 0.1) is 13.8 Å². The summed E-state index contributed by atoms with van der Waals surface area (Å²) in [6.07, 6.45) is 0. The fourth-order valence-electron chi connectivity index (χ4n) is 9.66. The molecule has 0 N–H and O–H groups in total. The molecule has 2 heteroatoms. The summed E-state index contributed by atoms with van der Waals surface area (Å²) in [5.41, 5.74) is 10.0. The largest absolute Gasteiger partial charge is 0.309 e. The maximum Gasteiger partial charge on any atom is 0.242 e. The van der Waals surface area contributed by atoms with Gasteiger partial charge in [0.15, 0.2) is 0 Å². The average molecular weight is 712 g/mol. The van der Waals surface area contributed by atoms with Crippen molar-refractivity contribution < 1.29 is 0 Å². The number of hydrogen-bond donors (Lipinski definition) is 0. The fourth-order valence-corrected chi connectivity index (χ4v) is 9.66. The monoisotopic (exact) mass is 711 g/mol. The summed E-state index contributed by atoms with van der Waals surface area (Å²) in [4.78, 5) is 2.50. The molecule has 0 radical (unpaired) electrons. The lowest BCUT2D eigenvalue weighted by Gasteiger charge is -2.30. The highest BCUT2D eigenvalue weighted by molar-refractivity contribution is 6.98. The minimum absolute atomic E-state index is 0.0518. The molecule has 0 atom stereocenters. The molecule has 0 saturated heterocycles. The van der Waals surface area contributed by atoms with Crippen molar-refractivity contribution in [1.82, 2.24) is 0 Å². The molecule has 0 heterocycles. The lowest BCUT2D eigenvalue weighted by molar-refractivity contribution is 1.31. The van der Waals surface area contributed by atoms with Crippen LogP contribution in [0.2, 0.25) is 0 Å². The van der Waals surface area contributed by atoms with E-state index in [-0.39, 0.29) is 6.71 Å². The van der Waals surface area contributed by atoms with Gasteiger partial charge < -0.3 is 4.90 Å². The van der Waals surface area contributed by atoms with Crippen molar-refractivity contribution in [3.63, 3.8) is 0 Å². The number of benzene rings is 11. The van der Waals surface area contributed by atoms with Gasteiger partial charge >= 0.3 is 0 Å². The second-order valence-electron chi connectivity index (χ2n) is 15.3. The first-order chi connectivity index (χ1) is 27.6. The summed E-state index contributed by atoms with van der Waals surface area (Å²) in [6.45, 7) is 4.63. The number of fused-ring (bicyclic) bond motifs is 4. The third-order valence-corrected chi connectivity index (χ3v) is 12.1. The lowest BCUT2D eigenvalue weighted by Crippen LogP contribution is -2.52. The first-order valence-electron chi connectivity index (χ1n) is 19.6. The van der Waals surface area contributed by atoms with Crippen LogP contribution in [0.3, 0.4) is 0 Å². The van der Waals surface area contributed by atoms with E-state index in [2.05, 4.69) is 213 Å². The van der Waals surface area contributed by atoms with Gasteiger partial charge in [-0.15, -0.1) is 0 Å². The molecule has 11 aromatic rings. The number of anilines is 3. The van der Waals surface area contributed by atoms with E-state index in [0.717, 1.165) is 5.69 Å². The quantitative estimate of drug-likeness (QED) is 0.123. The molecular formula is C54H38BN. The smallest absolute Gasteiger partial charge is 0.242 e. The number of rotatable bonds is 6. The third-order valence-electron chi connectivity index (χ3n) is 12.1. The zero-order valence-corrected chi connectivity index (χ0v) is 31.5. The number of aryl methyl sites for hydroxylation is 2. The van der Waals surface area contributed by atoms with Crippen molar-refractivity contribution in [2.75, 3.05) is 4.90 Å². The second kappa shape index (κ2) is 12.9. The van der Waals surface area contributed by atoms with Crippen molar-refractivity contribution >= 4 is 105 Å². The third kappa shape index (κ3) is 4.96. The van der Waals surface area contributed by atoms with E-state index in [1.54, 1.807) is 0 Å². The van der Waals surface area contributed by atoms with Crippen LogP contribution in [0.1, 0.15) is 11.1 Å². The molecular weight excluding hydrogens is 673 g/mol. The van der Waals surface area contributed by atoms with E-state index in [1.165, 1.54) is 104 Å². The van der Waals surface area contributed by atoms with Crippen molar-refractivity contribution in [1.29, 1.82) is 0 Å². The molecule has 0 amide bonds. The van der Waals surface area contributed by atoms with Gasteiger partial charge in [-0.25, -0.2) is 0 Å². The highest BCUT2D eigenvalue weighted by Gasteiger charge is 2.28. The SMILES string of the molecule is Cc1cc(B(c2ccccc2)c2cccc3ccccc23)c2ccc3c(C)cc(N(c4ccccc4)c4cc5ccccc5c5ccccc45)c4ccc1c2c34. The van der Waals surface area contributed by atoms with Crippen molar-refractivity contribution in [2.45, 2.75) is 13.8 Å². The molecule has 0 aliphatic rings. The van der Waals surface area contributed by atoms with Crippen LogP contribution in [-0.2, 0) is 0 Å². The predicted molar refractivity (Wildman–Crippen MR) is 244 cm³/mol. The summed E-state index contributed by atoms with van der Waals surface area (Å²) in [7, 11) is 0. The van der Waals surface area contributed by atoms with E-state index in [4.69, 9.17) is 0 Å². The fraction of sp³-hybridized carbons (Fsp3) is 0.0370. The van der Waals surface area contributed by atoms with Gasteiger partial charge in [-0.3, -0.25) is 0 Å². The van der Waals surface area contributed by atoms with Crippen LogP contribution in [0.25, 0.3) is 64.6 Å². The molecule has 0 unspecified atom stereocenters. The zero-order chi connectivity index (χ0) is 37.3. The molecule has 11 aromatic carbocycles. The highest BCUT2D eigenvalue weighted by Crippen LogP contribution is 2.47. The van der Waals surface area contributed by atoms with Crippen LogP contribution >= 0.6 is 0 Å². The van der Waals surface area contributed by atoms with E-state index in [1.807, 2.05) is 0 Å². The standard InChI is InChI=1S/C54H38BN/c1-35-32-50(55(39-19-5-3-6-20-39)49-27-15-18-37-16-9-12-24-44(37)49)47-30-28-42-36(2)33-51(48-31-29-41(35)53(47)54(42)48)56(40-21-7-4-8-22-40)52-34-38-17-10-11-23-43(38)45-25-13-14-26-46(45)52/h3-34H,1-2H3. The first-order valence-corrected chi connectivity index (χ1v) is 19.6. The maximum absolute atomic E-state index is 2.50. The highest BCUT2D eigenvalue weighted by atomic mass is 15.1. The Morgan fingerprint density at radius 1 is 0.339 bits per heavy atom. The van der Waals surface area contributed by atoms with Gasteiger partial charge in [0.25, 0.3) is 0 Å². The molecule has 56 heavy (non-hydrogen) atoms. The average Bonchev–Trinajstić information content (AvgIpc) is 3.25. The Bertz CT molecular complexity index is 3270. The molecule has 0 aliphatic carbocycles. The summed E-state index contributed by atoms with van der Waals surface area (Å²) < 4.78 is 0. The van der Waals surface area contributed by atoms with Gasteiger partial charge in [0.05, 0.1) is 11.4 Å². The molecule has 0 spiro atoms.